The topological polar surface area (TPSA) is 39.2 Å². The van der Waals surface area contributed by atoms with Gasteiger partial charge >= 0.3 is 5.97 Å². The van der Waals surface area contributed by atoms with Crippen molar-refractivity contribution in [2.75, 3.05) is 0 Å². The minimum Gasteiger partial charge on any atom is -0.456 e. The number of hydrogen-bond acceptors (Lipinski definition) is 5. The van der Waals surface area contributed by atoms with Crippen LogP contribution < -0.4 is 0 Å². The van der Waals surface area contributed by atoms with Gasteiger partial charge in [0.1, 0.15) is 6.10 Å². The smallest absolute Gasteiger partial charge is 0.303 e. The molecule has 3 aromatic rings. The minimum atomic E-state index is -0.377. The molecule has 1 heterocycles. The van der Waals surface area contributed by atoms with Gasteiger partial charge in [-0.15, -0.1) is 11.8 Å². The Labute approximate surface area is 175 Å². The predicted molar refractivity (Wildman–Crippen MR) is 120 cm³/mol. The van der Waals surface area contributed by atoms with E-state index in [-0.39, 0.29) is 21.4 Å². The zero-order valence-electron chi connectivity index (χ0n) is 16.6. The molecule has 0 saturated carbocycles. The number of aromatic nitrogens is 1. The van der Waals surface area contributed by atoms with Gasteiger partial charge in [0.05, 0.1) is 9.61 Å². The molecule has 5 heteroatoms. The number of benzene rings is 2. The van der Waals surface area contributed by atoms with Crippen LogP contribution in [0.15, 0.2) is 71.9 Å². The number of carbonyl (C=O) groups excluding carboxylic acids is 1. The third-order valence-corrected chi connectivity index (χ3v) is 6.71. The Morgan fingerprint density at radius 2 is 1.71 bits per heavy atom. The van der Waals surface area contributed by atoms with Gasteiger partial charge in [-0.3, -0.25) is 4.79 Å². The molecule has 146 valence electrons. The number of hydrogen-bond donors (Lipinski definition) is 0. The fourth-order valence-corrected chi connectivity index (χ4v) is 6.12. The Morgan fingerprint density at radius 1 is 1.00 bits per heavy atom. The van der Waals surface area contributed by atoms with Crippen molar-refractivity contribution in [3.05, 3.63) is 72.4 Å². The second kappa shape index (κ2) is 9.01. The highest BCUT2D eigenvalue weighted by Crippen LogP contribution is 2.45. The molecule has 0 unspecified atom stereocenters. The molecule has 0 spiro atoms. The summed E-state index contributed by atoms with van der Waals surface area (Å²) >= 11 is 3.43. The monoisotopic (exact) mass is 411 g/mol. The summed E-state index contributed by atoms with van der Waals surface area (Å²) in [4.78, 5) is 16.4. The third kappa shape index (κ3) is 5.76. The second-order valence-corrected chi connectivity index (χ2v) is 10.9. The van der Waals surface area contributed by atoms with Crippen LogP contribution in [0.5, 0.6) is 0 Å². The number of pyridine rings is 1. The molecule has 2 aromatic carbocycles. The average molecular weight is 412 g/mol. The number of esters is 1. The first-order valence-corrected chi connectivity index (χ1v) is 11.0. The number of nitrogens with zero attached hydrogens (tertiary/aromatic N) is 1. The molecule has 0 saturated heterocycles. The van der Waals surface area contributed by atoms with Crippen molar-refractivity contribution in [1.29, 1.82) is 0 Å². The van der Waals surface area contributed by atoms with Crippen LogP contribution in [0.3, 0.4) is 0 Å². The molecular formula is C23H25NO2S2. The largest absolute Gasteiger partial charge is 0.456 e. The predicted octanol–water partition coefficient (Wildman–Crippen LogP) is 6.49. The van der Waals surface area contributed by atoms with E-state index in [1.165, 1.54) is 12.3 Å². The van der Waals surface area contributed by atoms with Gasteiger partial charge in [-0.05, 0) is 34.5 Å². The van der Waals surface area contributed by atoms with E-state index >= 15 is 0 Å². The molecule has 28 heavy (non-hydrogen) atoms. The first kappa shape index (κ1) is 20.7. The van der Waals surface area contributed by atoms with Crippen molar-refractivity contribution < 1.29 is 9.53 Å². The Morgan fingerprint density at radius 3 is 2.36 bits per heavy atom. The highest BCUT2D eigenvalue weighted by atomic mass is 32.2. The van der Waals surface area contributed by atoms with Crippen molar-refractivity contribution in [2.24, 2.45) is 0 Å². The van der Waals surface area contributed by atoms with Crippen molar-refractivity contribution in [3.63, 3.8) is 0 Å². The minimum absolute atomic E-state index is 0.00168. The third-order valence-electron chi connectivity index (χ3n) is 3.99. The van der Waals surface area contributed by atoms with Crippen LogP contribution in [0.25, 0.3) is 10.8 Å². The van der Waals surface area contributed by atoms with Crippen LogP contribution in [0.4, 0.5) is 0 Å². The summed E-state index contributed by atoms with van der Waals surface area (Å²) in [5.74, 6) is -0.278. The Balaban J connectivity index is 2.01. The highest BCUT2D eigenvalue weighted by molar-refractivity contribution is 8.17. The second-order valence-electron chi connectivity index (χ2n) is 7.52. The van der Waals surface area contributed by atoms with Crippen LogP contribution >= 0.6 is 23.5 Å². The number of thioether (sulfide) groups is 2. The lowest BCUT2D eigenvalue weighted by Gasteiger charge is -2.31. The number of fused-ring (bicyclic) bond motifs is 1. The zero-order chi connectivity index (χ0) is 20.1. The summed E-state index contributed by atoms with van der Waals surface area (Å²) in [6, 6.07) is 20.4. The molecule has 0 aliphatic carbocycles. The summed E-state index contributed by atoms with van der Waals surface area (Å²) in [7, 11) is 0. The van der Waals surface area contributed by atoms with Crippen molar-refractivity contribution in [2.45, 2.75) is 48.2 Å². The molecule has 0 fully saturated rings. The van der Waals surface area contributed by atoms with Crippen LogP contribution in [0.1, 0.15) is 39.4 Å². The van der Waals surface area contributed by atoms with E-state index in [1.807, 2.05) is 30.3 Å². The highest BCUT2D eigenvalue weighted by Gasteiger charge is 2.32. The quantitative estimate of drug-likeness (QED) is 0.263. The molecular weight excluding hydrogens is 386 g/mol. The van der Waals surface area contributed by atoms with Crippen LogP contribution in [-0.4, -0.2) is 20.3 Å². The number of carbonyl (C=O) groups is 1. The molecule has 2 atom stereocenters. The summed E-state index contributed by atoms with van der Waals surface area (Å²) in [5, 5.41) is 3.23. The molecule has 0 N–H and O–H groups in total. The molecule has 0 aliphatic heterocycles. The van der Waals surface area contributed by atoms with Crippen LogP contribution in [0.2, 0.25) is 0 Å². The molecule has 1 aromatic heterocycles. The van der Waals surface area contributed by atoms with E-state index in [1.54, 1.807) is 29.7 Å². The van der Waals surface area contributed by atoms with E-state index in [0.29, 0.717) is 0 Å². The maximum absolute atomic E-state index is 12.0. The lowest BCUT2D eigenvalue weighted by molar-refractivity contribution is -0.145. The molecule has 3 nitrogen and oxygen atoms in total. The van der Waals surface area contributed by atoms with Gasteiger partial charge in [-0.1, -0.05) is 75.0 Å². The number of rotatable bonds is 6. The average Bonchev–Trinajstić information content (AvgIpc) is 2.65. The summed E-state index contributed by atoms with van der Waals surface area (Å²) in [6.45, 7) is 8.00. The van der Waals surface area contributed by atoms with Crippen molar-refractivity contribution in [3.8, 4) is 0 Å². The standard InChI is InChI=1S/C23H25NO2S2/c1-16(25)26-21(19-13-12-17-9-5-6-10-18(17)15-19)22(28-23(2,3)4)27-20-11-7-8-14-24-20/h5-15,21-22H,1-4H3/t21-,22-/m1/s1. The summed E-state index contributed by atoms with van der Waals surface area (Å²) in [6.07, 6.45) is 1.41. The van der Waals surface area contributed by atoms with Gasteiger partial charge in [0.25, 0.3) is 0 Å². The van der Waals surface area contributed by atoms with Gasteiger partial charge in [-0.25, -0.2) is 4.98 Å². The van der Waals surface area contributed by atoms with Crippen molar-refractivity contribution >= 4 is 40.3 Å². The number of ether oxygens (including phenoxy) is 1. The van der Waals surface area contributed by atoms with E-state index in [0.717, 1.165) is 16.0 Å². The Kier molecular flexibility index (Phi) is 6.68. The van der Waals surface area contributed by atoms with Crippen molar-refractivity contribution in [1.82, 2.24) is 4.98 Å². The Hall–Kier alpha value is -1.98. The van der Waals surface area contributed by atoms with E-state index in [9.17, 15) is 4.79 Å². The normalized spacial score (nSPS) is 13.9. The van der Waals surface area contributed by atoms with Gasteiger partial charge in [0.15, 0.2) is 0 Å². The van der Waals surface area contributed by atoms with Crippen LogP contribution in [-0.2, 0) is 9.53 Å². The molecule has 0 radical (unpaired) electrons. The van der Waals surface area contributed by atoms with E-state index in [4.69, 9.17) is 4.74 Å². The fraction of sp³-hybridized carbons (Fsp3) is 0.304. The lowest BCUT2D eigenvalue weighted by Crippen LogP contribution is -2.23. The lowest BCUT2D eigenvalue weighted by atomic mass is 10.0. The van der Waals surface area contributed by atoms with Crippen LogP contribution in [0, 0.1) is 0 Å². The molecule has 3 rings (SSSR count). The first-order chi connectivity index (χ1) is 13.3. The molecule has 0 amide bonds. The zero-order valence-corrected chi connectivity index (χ0v) is 18.2. The van der Waals surface area contributed by atoms with Gasteiger partial charge in [0.2, 0.25) is 0 Å². The van der Waals surface area contributed by atoms with Gasteiger partial charge in [0, 0.05) is 17.9 Å². The first-order valence-electron chi connectivity index (χ1n) is 9.23. The van der Waals surface area contributed by atoms with Gasteiger partial charge in [-0.2, -0.15) is 0 Å². The fourth-order valence-electron chi connectivity index (χ4n) is 2.88. The van der Waals surface area contributed by atoms with Gasteiger partial charge < -0.3 is 4.74 Å². The Bertz CT molecular complexity index is 938. The molecule has 0 bridgehead atoms. The maximum atomic E-state index is 12.0. The summed E-state index contributed by atoms with van der Waals surface area (Å²) < 4.78 is 5.83. The summed E-state index contributed by atoms with van der Waals surface area (Å²) in [5.41, 5.74) is 0.999. The SMILES string of the molecule is CC(=O)O[C@H](c1ccc2ccccc2c1)[C@H](Sc1ccccn1)SC(C)(C)C. The van der Waals surface area contributed by atoms with E-state index < -0.39 is 0 Å². The van der Waals surface area contributed by atoms with E-state index in [2.05, 4.69) is 56.1 Å². The maximum Gasteiger partial charge on any atom is 0.303 e. The molecule has 0 aliphatic rings.